The van der Waals surface area contributed by atoms with Crippen molar-refractivity contribution in [2.75, 3.05) is 13.2 Å². The molecule has 0 aliphatic carbocycles. The Morgan fingerprint density at radius 1 is 0.950 bits per heavy atom. The van der Waals surface area contributed by atoms with E-state index in [-0.39, 0.29) is 50.4 Å². The number of benzene rings is 2. The van der Waals surface area contributed by atoms with Gasteiger partial charge in [0.05, 0.1) is 50.2 Å². The summed E-state index contributed by atoms with van der Waals surface area (Å²) < 4.78 is 11.3. The van der Waals surface area contributed by atoms with Crippen molar-refractivity contribution >= 4 is 52.1 Å². The number of thiazole rings is 1. The number of aromatic nitrogens is 1. The molecule has 0 saturated heterocycles. The number of carbonyl (C=O) groups is 2. The minimum absolute atomic E-state index is 0.0398. The molecule has 4 rings (SSSR count). The van der Waals surface area contributed by atoms with Gasteiger partial charge in [0.25, 0.3) is 16.9 Å². The molecule has 0 bridgehead atoms. The van der Waals surface area contributed by atoms with E-state index in [2.05, 4.69) is 0 Å². The first-order chi connectivity index (χ1) is 19.1. The third kappa shape index (κ3) is 4.87. The first-order valence-electron chi connectivity index (χ1n) is 11.9. The Bertz CT molecular complexity index is 1770. The van der Waals surface area contributed by atoms with Crippen molar-refractivity contribution < 1.29 is 28.9 Å². The van der Waals surface area contributed by atoms with Gasteiger partial charge in [0.1, 0.15) is 10.5 Å². The normalized spacial score (nSPS) is 15.0. The first kappa shape index (κ1) is 27.9. The van der Waals surface area contributed by atoms with Crippen LogP contribution in [0.4, 0.5) is 11.4 Å². The van der Waals surface area contributed by atoms with E-state index in [0.29, 0.717) is 0 Å². The van der Waals surface area contributed by atoms with Crippen LogP contribution in [0, 0.1) is 20.2 Å². The van der Waals surface area contributed by atoms with Gasteiger partial charge in [-0.25, -0.2) is 9.59 Å². The summed E-state index contributed by atoms with van der Waals surface area (Å²) in [6.07, 6.45) is 1.27. The Morgan fingerprint density at radius 3 is 2.10 bits per heavy atom. The first-order valence-corrected chi connectivity index (χ1v) is 12.7. The summed E-state index contributed by atoms with van der Waals surface area (Å²) >= 11 is 0.781. The van der Waals surface area contributed by atoms with Gasteiger partial charge in [-0.15, -0.1) is 11.3 Å². The number of nitro benzene ring substituents is 2. The molecule has 1 atom stereocenters. The average Bonchev–Trinajstić information content (AvgIpc) is 3.24. The molecule has 2 aromatic carbocycles. The maximum absolute atomic E-state index is 13.6. The molecular weight excluding hydrogens is 544 g/mol. The van der Waals surface area contributed by atoms with Gasteiger partial charge >= 0.3 is 11.9 Å². The summed E-state index contributed by atoms with van der Waals surface area (Å²) in [7, 11) is 0. The number of ether oxygens (including phenoxy) is 2. The highest BCUT2D eigenvalue weighted by atomic mass is 32.1. The van der Waals surface area contributed by atoms with E-state index >= 15 is 0 Å². The van der Waals surface area contributed by atoms with Crippen LogP contribution in [-0.2, 0) is 19.1 Å². The number of nitro groups is 2. The predicted molar refractivity (Wildman–Crippen MR) is 144 cm³/mol. The molecule has 1 aromatic heterocycles. The van der Waals surface area contributed by atoms with E-state index in [1.807, 2.05) is 0 Å². The summed E-state index contributed by atoms with van der Waals surface area (Å²) in [6.45, 7) is 2.92. The Balaban J connectivity index is 2.18. The average molecular weight is 567 g/mol. The Kier molecular flexibility index (Phi) is 7.90. The van der Waals surface area contributed by atoms with Crippen LogP contribution in [0.15, 0.2) is 58.9 Å². The van der Waals surface area contributed by atoms with E-state index < -0.39 is 44.8 Å². The second kappa shape index (κ2) is 11.3. The lowest BCUT2D eigenvalue weighted by Gasteiger charge is -2.26. The SMILES string of the molecule is CCOC(=O)C1=C(N)n2c(sc(=Cc3ccccc3[N+](=O)[O-])c2=O)=C(C(=O)OCC)C1c1ccccc1[N+](=O)[O-]. The number of nitrogens with zero attached hydrogens (tertiary/aromatic N) is 3. The van der Waals surface area contributed by atoms with E-state index in [1.54, 1.807) is 13.0 Å². The van der Waals surface area contributed by atoms with Crippen molar-refractivity contribution in [3.05, 3.63) is 105 Å². The van der Waals surface area contributed by atoms with E-state index in [1.165, 1.54) is 55.5 Å². The molecule has 14 heteroatoms. The number of esters is 2. The lowest BCUT2D eigenvalue weighted by Crippen LogP contribution is -2.42. The van der Waals surface area contributed by atoms with Gasteiger partial charge in [-0.05, 0) is 26.0 Å². The van der Waals surface area contributed by atoms with Crippen molar-refractivity contribution in [2.24, 2.45) is 5.73 Å². The molecule has 2 N–H and O–H groups in total. The highest BCUT2D eigenvalue weighted by molar-refractivity contribution is 7.07. The zero-order valence-electron chi connectivity index (χ0n) is 21.2. The highest BCUT2D eigenvalue weighted by Gasteiger charge is 2.42. The number of para-hydroxylation sites is 2. The summed E-state index contributed by atoms with van der Waals surface area (Å²) in [5.41, 5.74) is 4.44. The molecule has 0 spiro atoms. The van der Waals surface area contributed by atoms with Crippen LogP contribution in [0.2, 0.25) is 0 Å². The maximum Gasteiger partial charge on any atom is 0.338 e. The van der Waals surface area contributed by atoms with E-state index in [4.69, 9.17) is 15.2 Å². The Labute approximate surface area is 229 Å². The quantitative estimate of drug-likeness (QED) is 0.239. The molecule has 1 aliphatic heterocycles. The third-order valence-corrected chi connectivity index (χ3v) is 7.11. The highest BCUT2D eigenvalue weighted by Crippen LogP contribution is 2.41. The fourth-order valence-electron chi connectivity index (χ4n) is 4.39. The molecule has 0 amide bonds. The number of hydrogen-bond donors (Lipinski definition) is 1. The number of fused-ring (bicyclic) bond motifs is 1. The van der Waals surface area contributed by atoms with Gasteiger partial charge in [0, 0.05) is 17.7 Å². The molecule has 2 heterocycles. The number of hydrogen-bond acceptors (Lipinski definition) is 11. The fraction of sp³-hybridized carbons (Fsp3) is 0.192. The summed E-state index contributed by atoms with van der Waals surface area (Å²) in [4.78, 5) is 62.5. The molecule has 0 radical (unpaired) electrons. The van der Waals surface area contributed by atoms with E-state index in [0.717, 1.165) is 15.9 Å². The molecule has 13 nitrogen and oxygen atoms in total. The van der Waals surface area contributed by atoms with Gasteiger partial charge in [0.2, 0.25) is 0 Å². The standard InChI is InChI=1S/C26H22N4O9S/c1-3-38-25(32)20-19(15-10-6-8-12-17(15)30(36)37)21(26(33)39-4-2)24-28(22(20)27)23(31)18(40-24)13-14-9-5-7-11-16(14)29(34)35/h5-13,19H,3-4,27H2,1-2H3. The maximum atomic E-state index is 13.6. The minimum Gasteiger partial charge on any atom is -0.463 e. The second-order valence-electron chi connectivity index (χ2n) is 8.27. The molecule has 1 unspecified atom stereocenters. The molecule has 206 valence electrons. The smallest absolute Gasteiger partial charge is 0.338 e. The molecular formula is C26H22N4O9S. The van der Waals surface area contributed by atoms with Crippen molar-refractivity contribution in [3.63, 3.8) is 0 Å². The van der Waals surface area contributed by atoms with Crippen LogP contribution in [0.25, 0.3) is 17.5 Å². The molecule has 3 aromatic rings. The molecule has 1 aliphatic rings. The summed E-state index contributed by atoms with van der Waals surface area (Å²) in [5.74, 6) is -3.74. The van der Waals surface area contributed by atoms with Crippen LogP contribution in [0.5, 0.6) is 0 Å². The third-order valence-electron chi connectivity index (χ3n) is 6.00. The minimum atomic E-state index is -1.42. The van der Waals surface area contributed by atoms with Gasteiger partial charge in [0.15, 0.2) is 0 Å². The monoisotopic (exact) mass is 566 g/mol. The van der Waals surface area contributed by atoms with Crippen LogP contribution < -0.4 is 20.5 Å². The molecule has 40 heavy (non-hydrogen) atoms. The van der Waals surface area contributed by atoms with Crippen LogP contribution in [0.3, 0.4) is 0 Å². The van der Waals surface area contributed by atoms with Crippen LogP contribution in [0.1, 0.15) is 30.9 Å². The van der Waals surface area contributed by atoms with Crippen molar-refractivity contribution in [1.29, 1.82) is 0 Å². The lowest BCUT2D eigenvalue weighted by atomic mass is 9.82. The van der Waals surface area contributed by atoms with Crippen molar-refractivity contribution in [2.45, 2.75) is 19.8 Å². The van der Waals surface area contributed by atoms with Crippen LogP contribution >= 0.6 is 11.3 Å². The molecule has 0 saturated carbocycles. The Hall–Kier alpha value is -5.11. The zero-order chi connectivity index (χ0) is 29.1. The summed E-state index contributed by atoms with van der Waals surface area (Å²) in [6, 6.07) is 11.2. The van der Waals surface area contributed by atoms with Gasteiger partial charge < -0.3 is 15.2 Å². The topological polar surface area (TPSA) is 187 Å². The van der Waals surface area contributed by atoms with Gasteiger partial charge in [-0.1, -0.05) is 30.3 Å². The number of carbonyl (C=O) groups excluding carboxylic acids is 2. The van der Waals surface area contributed by atoms with Gasteiger partial charge in [-0.3, -0.25) is 29.6 Å². The lowest BCUT2D eigenvalue weighted by molar-refractivity contribution is -0.385. The Morgan fingerprint density at radius 2 is 1.50 bits per heavy atom. The zero-order valence-corrected chi connectivity index (χ0v) is 22.0. The predicted octanol–water partition coefficient (Wildman–Crippen LogP) is 1.76. The van der Waals surface area contributed by atoms with Crippen molar-refractivity contribution in [1.82, 2.24) is 4.57 Å². The van der Waals surface area contributed by atoms with Crippen LogP contribution in [-0.4, -0.2) is 39.6 Å². The number of rotatable bonds is 8. The largest absolute Gasteiger partial charge is 0.463 e. The van der Waals surface area contributed by atoms with Crippen molar-refractivity contribution in [3.8, 4) is 0 Å². The summed E-state index contributed by atoms with van der Waals surface area (Å²) in [5, 5.41) is 23.5. The molecule has 0 fully saturated rings. The van der Waals surface area contributed by atoms with Gasteiger partial charge in [-0.2, -0.15) is 0 Å². The second-order valence-corrected chi connectivity index (χ2v) is 9.31. The van der Waals surface area contributed by atoms with E-state index in [9.17, 15) is 34.6 Å². The fourth-order valence-corrected chi connectivity index (χ4v) is 5.55. The number of nitrogens with two attached hydrogens (primary N) is 1.